The summed E-state index contributed by atoms with van der Waals surface area (Å²) >= 11 is 0. The van der Waals surface area contributed by atoms with Crippen molar-refractivity contribution >= 4 is 34.5 Å². The number of rotatable bonds is 5. The van der Waals surface area contributed by atoms with Crippen LogP contribution in [0.2, 0.25) is 0 Å². The lowest BCUT2D eigenvalue weighted by molar-refractivity contribution is -0.132. The average Bonchev–Trinajstić information content (AvgIpc) is 3.17. The smallest absolute Gasteiger partial charge is 0.226 e. The predicted molar refractivity (Wildman–Crippen MR) is 108 cm³/mol. The van der Waals surface area contributed by atoms with E-state index in [0.29, 0.717) is 29.1 Å². The monoisotopic (exact) mass is 365 g/mol. The number of nitrogens with one attached hydrogen (secondary N) is 1. The van der Waals surface area contributed by atoms with Gasteiger partial charge in [-0.3, -0.25) is 14.9 Å². The Morgan fingerprint density at radius 2 is 2.11 bits per heavy atom. The number of aromatic nitrogens is 3. The molecule has 3 aromatic rings. The molecular weight excluding hydrogens is 342 g/mol. The summed E-state index contributed by atoms with van der Waals surface area (Å²) in [6.07, 6.45) is 3.29. The molecule has 3 rings (SSSR count). The van der Waals surface area contributed by atoms with Crippen LogP contribution in [0, 0.1) is 5.92 Å². The molecule has 0 spiro atoms. The molecule has 5 N–H and O–H groups in total. The van der Waals surface area contributed by atoms with E-state index in [-0.39, 0.29) is 11.8 Å². The first-order valence-corrected chi connectivity index (χ1v) is 8.58. The molecule has 2 heterocycles. The van der Waals surface area contributed by atoms with Crippen molar-refractivity contribution in [2.24, 2.45) is 10.9 Å². The maximum absolute atomic E-state index is 11.9. The zero-order chi connectivity index (χ0) is 19.6. The highest BCUT2D eigenvalue weighted by Crippen LogP contribution is 2.29. The average molecular weight is 365 g/mol. The molecule has 0 aliphatic heterocycles. The van der Waals surface area contributed by atoms with Crippen LogP contribution < -0.4 is 11.5 Å². The fourth-order valence-electron chi connectivity index (χ4n) is 2.87. The highest BCUT2D eigenvalue weighted by Gasteiger charge is 2.14. The SMILES string of the molecule is CC(CN=Cc1c(N)nc2cc(-c3ccn[nH]3)ccc2c1N)C(=O)N(C)C. The third-order valence-electron chi connectivity index (χ3n) is 4.37. The Labute approximate surface area is 157 Å². The quantitative estimate of drug-likeness (QED) is 0.596. The van der Waals surface area contributed by atoms with Crippen molar-refractivity contribution < 1.29 is 4.79 Å². The highest BCUT2D eigenvalue weighted by atomic mass is 16.2. The number of benzene rings is 1. The summed E-state index contributed by atoms with van der Waals surface area (Å²) in [5, 5.41) is 7.68. The molecule has 140 valence electrons. The molecule has 0 aliphatic rings. The van der Waals surface area contributed by atoms with E-state index in [0.717, 1.165) is 16.6 Å². The minimum Gasteiger partial charge on any atom is -0.398 e. The number of aliphatic imine (C=N–C) groups is 1. The number of aromatic amines is 1. The lowest BCUT2D eigenvalue weighted by Gasteiger charge is -2.15. The number of fused-ring (bicyclic) bond motifs is 1. The second kappa shape index (κ2) is 7.45. The molecule has 0 saturated heterocycles. The van der Waals surface area contributed by atoms with Crippen molar-refractivity contribution in [1.29, 1.82) is 0 Å². The van der Waals surface area contributed by atoms with E-state index >= 15 is 0 Å². The van der Waals surface area contributed by atoms with Crippen LogP contribution in [0.25, 0.3) is 22.2 Å². The van der Waals surface area contributed by atoms with Gasteiger partial charge in [0.25, 0.3) is 0 Å². The molecule has 2 aromatic heterocycles. The molecule has 1 aromatic carbocycles. The van der Waals surface area contributed by atoms with Gasteiger partial charge < -0.3 is 16.4 Å². The van der Waals surface area contributed by atoms with Crippen molar-refractivity contribution in [2.75, 3.05) is 32.1 Å². The van der Waals surface area contributed by atoms with E-state index in [1.54, 1.807) is 31.4 Å². The predicted octanol–water partition coefficient (Wildman–Crippen LogP) is 1.93. The van der Waals surface area contributed by atoms with E-state index in [1.807, 2.05) is 31.2 Å². The van der Waals surface area contributed by atoms with E-state index in [1.165, 1.54) is 0 Å². The van der Waals surface area contributed by atoms with Gasteiger partial charge in [0.05, 0.1) is 34.9 Å². The number of H-pyrrole nitrogens is 1. The zero-order valence-electron chi connectivity index (χ0n) is 15.6. The van der Waals surface area contributed by atoms with Crippen LogP contribution in [-0.2, 0) is 4.79 Å². The van der Waals surface area contributed by atoms with Crippen LogP contribution in [0.15, 0.2) is 35.5 Å². The second-order valence-corrected chi connectivity index (χ2v) is 6.65. The summed E-state index contributed by atoms with van der Waals surface area (Å²) in [6.45, 7) is 2.19. The normalized spacial score (nSPS) is 12.6. The molecule has 8 nitrogen and oxygen atoms in total. The van der Waals surface area contributed by atoms with Gasteiger partial charge in [0.1, 0.15) is 5.82 Å². The molecular formula is C19H23N7O. The Hall–Kier alpha value is -3.42. The lowest BCUT2D eigenvalue weighted by atomic mass is 10.1. The minimum absolute atomic E-state index is 0.0241. The first-order chi connectivity index (χ1) is 12.9. The molecule has 1 atom stereocenters. The second-order valence-electron chi connectivity index (χ2n) is 6.65. The van der Waals surface area contributed by atoms with Gasteiger partial charge in [-0.25, -0.2) is 4.98 Å². The van der Waals surface area contributed by atoms with Crippen molar-refractivity contribution in [3.05, 3.63) is 36.0 Å². The summed E-state index contributed by atoms with van der Waals surface area (Å²) in [7, 11) is 3.45. The summed E-state index contributed by atoms with van der Waals surface area (Å²) in [6, 6.07) is 7.64. The molecule has 0 bridgehead atoms. The zero-order valence-corrected chi connectivity index (χ0v) is 15.6. The van der Waals surface area contributed by atoms with Crippen molar-refractivity contribution in [3.8, 4) is 11.3 Å². The van der Waals surface area contributed by atoms with E-state index in [4.69, 9.17) is 11.5 Å². The van der Waals surface area contributed by atoms with Gasteiger partial charge in [0.15, 0.2) is 0 Å². The van der Waals surface area contributed by atoms with Crippen LogP contribution in [-0.4, -0.2) is 52.8 Å². The maximum atomic E-state index is 11.9. The van der Waals surface area contributed by atoms with E-state index in [9.17, 15) is 4.79 Å². The summed E-state index contributed by atoms with van der Waals surface area (Å²) < 4.78 is 0. The number of hydrogen-bond donors (Lipinski definition) is 3. The van der Waals surface area contributed by atoms with Gasteiger partial charge >= 0.3 is 0 Å². The number of hydrogen-bond acceptors (Lipinski definition) is 6. The lowest BCUT2D eigenvalue weighted by Crippen LogP contribution is -2.29. The summed E-state index contributed by atoms with van der Waals surface area (Å²) in [5.74, 6) is 0.109. The van der Waals surface area contributed by atoms with Gasteiger partial charge in [0, 0.05) is 37.5 Å². The van der Waals surface area contributed by atoms with Gasteiger partial charge in [-0.1, -0.05) is 19.1 Å². The van der Waals surface area contributed by atoms with Crippen molar-refractivity contribution in [1.82, 2.24) is 20.1 Å². The molecule has 0 fully saturated rings. The van der Waals surface area contributed by atoms with Gasteiger partial charge in [-0.05, 0) is 12.1 Å². The van der Waals surface area contributed by atoms with Crippen LogP contribution in [0.5, 0.6) is 0 Å². The summed E-state index contributed by atoms with van der Waals surface area (Å²) in [5.41, 5.74) is 16.0. The van der Waals surface area contributed by atoms with Gasteiger partial charge in [-0.15, -0.1) is 0 Å². The first kappa shape index (κ1) is 18.4. The number of nitrogens with two attached hydrogens (primary N) is 2. The number of carbonyl (C=O) groups excluding carboxylic acids is 1. The van der Waals surface area contributed by atoms with Crippen LogP contribution >= 0.6 is 0 Å². The van der Waals surface area contributed by atoms with Crippen LogP contribution in [0.1, 0.15) is 12.5 Å². The number of nitrogens with zero attached hydrogens (tertiary/aromatic N) is 4. The number of amides is 1. The molecule has 8 heteroatoms. The topological polar surface area (TPSA) is 126 Å². The number of nitrogen functional groups attached to an aromatic ring is 2. The molecule has 1 unspecified atom stereocenters. The first-order valence-electron chi connectivity index (χ1n) is 8.58. The highest BCUT2D eigenvalue weighted by molar-refractivity contribution is 6.05. The number of anilines is 2. The molecule has 0 aliphatic carbocycles. The maximum Gasteiger partial charge on any atom is 0.226 e. The molecule has 27 heavy (non-hydrogen) atoms. The number of carbonyl (C=O) groups is 1. The summed E-state index contributed by atoms with van der Waals surface area (Å²) in [4.78, 5) is 22.3. The third-order valence-corrected chi connectivity index (χ3v) is 4.37. The largest absolute Gasteiger partial charge is 0.398 e. The van der Waals surface area contributed by atoms with Gasteiger partial charge in [0.2, 0.25) is 5.91 Å². The van der Waals surface area contributed by atoms with Crippen LogP contribution in [0.4, 0.5) is 11.5 Å². The van der Waals surface area contributed by atoms with Crippen molar-refractivity contribution in [3.63, 3.8) is 0 Å². The Balaban J connectivity index is 1.89. The van der Waals surface area contributed by atoms with Crippen LogP contribution in [0.3, 0.4) is 0 Å². The third kappa shape index (κ3) is 3.74. The fraction of sp³-hybridized carbons (Fsp3) is 0.263. The minimum atomic E-state index is -0.218. The standard InChI is InChI=1S/C19H23N7O/c1-11(19(27)26(2)3)9-22-10-14-17(20)13-5-4-12(15-6-7-23-25-15)8-16(13)24-18(14)21/h4-8,10-11H,9H2,1-3H3,(H,23,25)(H4,20,21,24). The van der Waals surface area contributed by atoms with E-state index in [2.05, 4.69) is 20.2 Å². The van der Waals surface area contributed by atoms with E-state index < -0.39 is 0 Å². The van der Waals surface area contributed by atoms with Crippen molar-refractivity contribution in [2.45, 2.75) is 6.92 Å². The Morgan fingerprint density at radius 3 is 2.78 bits per heavy atom. The number of pyridine rings is 1. The Kier molecular flexibility index (Phi) is 5.07. The fourth-order valence-corrected chi connectivity index (χ4v) is 2.87. The Bertz CT molecular complexity index is 993. The Morgan fingerprint density at radius 1 is 1.33 bits per heavy atom. The molecule has 0 radical (unpaired) electrons. The van der Waals surface area contributed by atoms with Gasteiger partial charge in [-0.2, -0.15) is 5.10 Å². The molecule has 0 saturated carbocycles. The molecule has 1 amide bonds.